The van der Waals surface area contributed by atoms with Crippen LogP contribution in [0, 0.1) is 11.8 Å². The second-order valence-electron chi connectivity index (χ2n) is 5.89. The van der Waals surface area contributed by atoms with Gasteiger partial charge in [0, 0.05) is 0 Å². The molecule has 0 nitrogen and oxygen atoms in total. The van der Waals surface area contributed by atoms with E-state index in [1.165, 1.54) is 36.8 Å². The minimum absolute atomic E-state index is 1.02. The van der Waals surface area contributed by atoms with Crippen LogP contribution in [0.4, 0.5) is 0 Å². The van der Waals surface area contributed by atoms with Crippen LogP contribution in [-0.4, -0.2) is 6.26 Å². The third-order valence-electron chi connectivity index (χ3n) is 4.11. The highest BCUT2D eigenvalue weighted by Gasteiger charge is 2.13. The van der Waals surface area contributed by atoms with Crippen LogP contribution in [0.1, 0.15) is 64.5 Å². The molecule has 0 N–H and O–H groups in total. The number of benzene rings is 1. The summed E-state index contributed by atoms with van der Waals surface area (Å²) in [5.41, 5.74) is 2.89. The van der Waals surface area contributed by atoms with Crippen LogP contribution in [0.15, 0.2) is 24.3 Å². The molecule has 1 aromatic carbocycles. The fourth-order valence-corrected chi connectivity index (χ4v) is 2.50. The van der Waals surface area contributed by atoms with E-state index in [-0.39, 0.29) is 0 Å². The molecule has 2 rings (SSSR count). The van der Waals surface area contributed by atoms with E-state index in [2.05, 4.69) is 64.6 Å². The fraction of sp³-hybridized carbons (Fsp3) is 0.684. The van der Waals surface area contributed by atoms with Gasteiger partial charge in [0.05, 0.1) is 0 Å². The first-order valence-corrected chi connectivity index (χ1v) is 9.07. The van der Waals surface area contributed by atoms with E-state index in [9.17, 15) is 0 Å². The summed E-state index contributed by atoms with van der Waals surface area (Å²) in [6, 6.07) is 8.77. The van der Waals surface area contributed by atoms with E-state index in [0.29, 0.717) is 0 Å². The molecule has 1 saturated carbocycles. The van der Waals surface area contributed by atoms with E-state index in [0.717, 1.165) is 24.7 Å². The predicted octanol–water partition coefficient (Wildman–Crippen LogP) is 6.19. The largest absolute Gasteiger partial charge is 0.183 e. The standard InChI is InChI=1S/C10H14.C8H16.CH4S/c1-3-9-6-5-7-10(4-2)8-9;1-7-3-5-8(2)6-4-7;1-2/h5-8H,3-4H2,1-2H3;7-8H,3-6H2,1-2H3;2H,1H3. The minimum atomic E-state index is 1.02. The molecular weight excluding hydrogens is 260 g/mol. The van der Waals surface area contributed by atoms with Gasteiger partial charge >= 0.3 is 0 Å². The first-order valence-electron chi connectivity index (χ1n) is 8.18. The highest BCUT2D eigenvalue weighted by atomic mass is 32.1. The van der Waals surface area contributed by atoms with Crippen LogP contribution in [0.2, 0.25) is 0 Å². The average molecular weight is 295 g/mol. The number of aryl methyl sites for hydroxylation is 2. The van der Waals surface area contributed by atoms with Gasteiger partial charge in [0.15, 0.2) is 0 Å². The molecule has 20 heavy (non-hydrogen) atoms. The predicted molar refractivity (Wildman–Crippen MR) is 96.9 cm³/mol. The SMILES string of the molecule is CC1CCC(C)CC1.CCc1cccc(CC)c1.CS. The van der Waals surface area contributed by atoms with Crippen LogP contribution in [0.25, 0.3) is 0 Å². The Hall–Kier alpha value is -0.430. The Labute approximate surface area is 132 Å². The van der Waals surface area contributed by atoms with Gasteiger partial charge in [0.25, 0.3) is 0 Å². The van der Waals surface area contributed by atoms with Crippen molar-refractivity contribution in [1.29, 1.82) is 0 Å². The lowest BCUT2D eigenvalue weighted by Gasteiger charge is -2.22. The van der Waals surface area contributed by atoms with E-state index in [1.54, 1.807) is 6.26 Å². The Bertz CT molecular complexity index is 295. The number of thiol groups is 1. The molecule has 0 saturated heterocycles. The highest BCUT2D eigenvalue weighted by Crippen LogP contribution is 2.27. The minimum Gasteiger partial charge on any atom is -0.183 e. The maximum absolute atomic E-state index is 3.53. The normalized spacial score (nSPS) is 21.1. The lowest BCUT2D eigenvalue weighted by molar-refractivity contribution is 0.308. The van der Waals surface area contributed by atoms with Crippen molar-refractivity contribution in [2.24, 2.45) is 11.8 Å². The summed E-state index contributed by atoms with van der Waals surface area (Å²) in [5.74, 6) is 2.04. The Morgan fingerprint density at radius 1 is 0.850 bits per heavy atom. The summed E-state index contributed by atoms with van der Waals surface area (Å²) < 4.78 is 0. The second-order valence-corrected chi connectivity index (χ2v) is 5.89. The third kappa shape index (κ3) is 8.68. The molecule has 1 aliphatic rings. The van der Waals surface area contributed by atoms with Crippen molar-refractivity contribution in [1.82, 2.24) is 0 Å². The maximum Gasteiger partial charge on any atom is -0.0215 e. The van der Waals surface area contributed by atoms with Gasteiger partial charge in [-0.05, 0) is 42.1 Å². The second kappa shape index (κ2) is 12.3. The van der Waals surface area contributed by atoms with E-state index in [1.807, 2.05) is 0 Å². The third-order valence-corrected chi connectivity index (χ3v) is 4.11. The molecule has 0 heterocycles. The lowest BCUT2D eigenvalue weighted by atomic mass is 9.84. The molecule has 1 aromatic rings. The zero-order valence-corrected chi connectivity index (χ0v) is 15.0. The summed E-state index contributed by atoms with van der Waals surface area (Å²) in [4.78, 5) is 0. The van der Waals surface area contributed by atoms with Gasteiger partial charge in [-0.2, -0.15) is 12.6 Å². The molecule has 116 valence electrons. The van der Waals surface area contributed by atoms with Gasteiger partial charge < -0.3 is 0 Å². The maximum atomic E-state index is 3.53. The molecule has 0 amide bonds. The summed E-state index contributed by atoms with van der Waals surface area (Å²) in [7, 11) is 0. The fourth-order valence-electron chi connectivity index (χ4n) is 2.50. The first-order chi connectivity index (χ1) is 9.65. The molecule has 0 spiro atoms. The Balaban J connectivity index is 0.000000327. The monoisotopic (exact) mass is 294 g/mol. The van der Waals surface area contributed by atoms with Crippen molar-refractivity contribution in [3.05, 3.63) is 35.4 Å². The number of rotatable bonds is 2. The van der Waals surface area contributed by atoms with Crippen molar-refractivity contribution in [2.75, 3.05) is 6.26 Å². The molecule has 0 atom stereocenters. The molecule has 0 unspecified atom stereocenters. The molecular formula is C19H34S. The van der Waals surface area contributed by atoms with Crippen molar-refractivity contribution in [3.8, 4) is 0 Å². The molecule has 1 heteroatoms. The van der Waals surface area contributed by atoms with Crippen LogP contribution in [0.5, 0.6) is 0 Å². The topological polar surface area (TPSA) is 0 Å². The zero-order chi connectivity index (χ0) is 15.4. The Morgan fingerprint density at radius 2 is 1.20 bits per heavy atom. The molecule has 1 fully saturated rings. The summed E-state index contributed by atoms with van der Waals surface area (Å²) in [6.45, 7) is 9.11. The van der Waals surface area contributed by atoms with Crippen molar-refractivity contribution < 1.29 is 0 Å². The first kappa shape index (κ1) is 19.6. The molecule has 0 aromatic heterocycles. The van der Waals surface area contributed by atoms with Gasteiger partial charge in [-0.3, -0.25) is 0 Å². The van der Waals surface area contributed by atoms with Crippen LogP contribution < -0.4 is 0 Å². The Morgan fingerprint density at radius 3 is 1.50 bits per heavy atom. The van der Waals surface area contributed by atoms with Crippen LogP contribution >= 0.6 is 12.6 Å². The summed E-state index contributed by atoms with van der Waals surface area (Å²) in [6.07, 6.45) is 9.88. The quantitative estimate of drug-likeness (QED) is 0.618. The number of hydrogen-bond donors (Lipinski definition) is 1. The van der Waals surface area contributed by atoms with Gasteiger partial charge in [-0.15, -0.1) is 0 Å². The van der Waals surface area contributed by atoms with Crippen molar-refractivity contribution >= 4 is 12.6 Å². The summed E-state index contributed by atoms with van der Waals surface area (Å²) >= 11 is 3.53. The van der Waals surface area contributed by atoms with Crippen LogP contribution in [0.3, 0.4) is 0 Å². The van der Waals surface area contributed by atoms with Crippen molar-refractivity contribution in [2.45, 2.75) is 66.2 Å². The molecule has 0 aliphatic heterocycles. The van der Waals surface area contributed by atoms with Crippen molar-refractivity contribution in [3.63, 3.8) is 0 Å². The van der Waals surface area contributed by atoms with Crippen LogP contribution in [-0.2, 0) is 12.8 Å². The average Bonchev–Trinajstić information content (AvgIpc) is 2.53. The number of hydrogen-bond acceptors (Lipinski definition) is 1. The van der Waals surface area contributed by atoms with Gasteiger partial charge in [0.2, 0.25) is 0 Å². The van der Waals surface area contributed by atoms with E-state index in [4.69, 9.17) is 0 Å². The van der Waals surface area contributed by atoms with E-state index >= 15 is 0 Å². The zero-order valence-electron chi connectivity index (χ0n) is 14.2. The smallest absolute Gasteiger partial charge is 0.0215 e. The molecule has 1 aliphatic carbocycles. The molecule has 0 bridgehead atoms. The highest BCUT2D eigenvalue weighted by molar-refractivity contribution is 7.79. The molecule has 0 radical (unpaired) electrons. The summed E-state index contributed by atoms with van der Waals surface area (Å²) in [5, 5.41) is 0. The van der Waals surface area contributed by atoms with E-state index < -0.39 is 0 Å². The lowest BCUT2D eigenvalue weighted by Crippen LogP contribution is -2.08. The van der Waals surface area contributed by atoms with Gasteiger partial charge in [-0.25, -0.2) is 0 Å². The van der Waals surface area contributed by atoms with Gasteiger partial charge in [0.1, 0.15) is 0 Å². The Kier molecular flexibility index (Phi) is 12.1. The van der Waals surface area contributed by atoms with Gasteiger partial charge in [-0.1, -0.05) is 77.6 Å².